The van der Waals surface area contributed by atoms with Crippen molar-refractivity contribution in [3.05, 3.63) is 59.1 Å². The van der Waals surface area contributed by atoms with Crippen LogP contribution in [0, 0.1) is 0 Å². The van der Waals surface area contributed by atoms with E-state index in [1.54, 1.807) is 24.3 Å². The summed E-state index contributed by atoms with van der Waals surface area (Å²) < 4.78 is 5.42. The maximum atomic E-state index is 11.8. The molecule has 0 bridgehead atoms. The van der Waals surface area contributed by atoms with E-state index in [1.807, 2.05) is 24.3 Å². The SMILES string of the molecule is CCc1ccc(OCC(=O)NC(=S)Nc2cccc(Cl)c2)cc1. The van der Waals surface area contributed by atoms with Crippen LogP contribution in [-0.2, 0) is 11.2 Å². The van der Waals surface area contributed by atoms with Crippen molar-refractivity contribution >= 4 is 40.5 Å². The van der Waals surface area contributed by atoms with Crippen molar-refractivity contribution in [3.63, 3.8) is 0 Å². The number of aryl methyl sites for hydroxylation is 1. The summed E-state index contributed by atoms with van der Waals surface area (Å²) in [6.07, 6.45) is 0.963. The van der Waals surface area contributed by atoms with Gasteiger partial charge in [0.2, 0.25) is 0 Å². The fourth-order valence-corrected chi connectivity index (χ4v) is 2.28. The van der Waals surface area contributed by atoms with E-state index in [9.17, 15) is 4.79 Å². The summed E-state index contributed by atoms with van der Waals surface area (Å²) in [7, 11) is 0. The Morgan fingerprint density at radius 2 is 1.96 bits per heavy atom. The lowest BCUT2D eigenvalue weighted by Crippen LogP contribution is -2.37. The molecule has 120 valence electrons. The van der Waals surface area contributed by atoms with Crippen molar-refractivity contribution in [3.8, 4) is 5.75 Å². The van der Waals surface area contributed by atoms with E-state index in [0.29, 0.717) is 16.5 Å². The molecule has 2 N–H and O–H groups in total. The van der Waals surface area contributed by atoms with Crippen LogP contribution in [0.3, 0.4) is 0 Å². The summed E-state index contributed by atoms with van der Waals surface area (Å²) in [5.41, 5.74) is 1.92. The predicted molar refractivity (Wildman–Crippen MR) is 97.1 cm³/mol. The Morgan fingerprint density at radius 1 is 1.22 bits per heavy atom. The number of nitrogens with one attached hydrogen (secondary N) is 2. The van der Waals surface area contributed by atoms with Gasteiger partial charge in [-0.15, -0.1) is 0 Å². The lowest BCUT2D eigenvalue weighted by atomic mass is 10.2. The Kier molecular flexibility index (Phi) is 6.38. The standard InChI is InChI=1S/C17H17ClN2O2S/c1-2-12-6-8-15(9-7-12)22-11-16(21)20-17(23)19-14-5-3-4-13(18)10-14/h3-10H,2,11H2,1H3,(H2,19,20,21,23). The van der Waals surface area contributed by atoms with Gasteiger partial charge in [0.05, 0.1) is 0 Å². The molecule has 1 amide bonds. The topological polar surface area (TPSA) is 50.4 Å². The van der Waals surface area contributed by atoms with Gasteiger partial charge in [0.25, 0.3) is 5.91 Å². The summed E-state index contributed by atoms with van der Waals surface area (Å²) in [5.74, 6) is 0.315. The van der Waals surface area contributed by atoms with E-state index in [1.165, 1.54) is 5.56 Å². The first-order valence-corrected chi connectivity index (χ1v) is 7.93. The zero-order valence-corrected chi connectivity index (χ0v) is 14.2. The number of ether oxygens (including phenoxy) is 1. The van der Waals surface area contributed by atoms with Crippen LogP contribution in [0.4, 0.5) is 5.69 Å². The molecular weight excluding hydrogens is 332 g/mol. The van der Waals surface area contributed by atoms with E-state index in [2.05, 4.69) is 17.6 Å². The molecule has 6 heteroatoms. The Labute approximate surface area is 145 Å². The van der Waals surface area contributed by atoms with E-state index >= 15 is 0 Å². The molecule has 4 nitrogen and oxygen atoms in total. The molecule has 0 radical (unpaired) electrons. The van der Waals surface area contributed by atoms with E-state index in [0.717, 1.165) is 6.42 Å². The molecule has 0 aliphatic carbocycles. The van der Waals surface area contributed by atoms with Crippen molar-refractivity contribution in [2.45, 2.75) is 13.3 Å². The maximum absolute atomic E-state index is 11.8. The third-order valence-corrected chi connectivity index (χ3v) is 3.48. The minimum atomic E-state index is -0.330. The molecule has 2 aromatic rings. The van der Waals surface area contributed by atoms with Gasteiger partial charge in [0.15, 0.2) is 11.7 Å². The number of hydrogen-bond donors (Lipinski definition) is 2. The summed E-state index contributed by atoms with van der Waals surface area (Å²) in [6.45, 7) is 1.97. The smallest absolute Gasteiger partial charge is 0.264 e. The van der Waals surface area contributed by atoms with E-state index in [4.69, 9.17) is 28.6 Å². The summed E-state index contributed by atoms with van der Waals surface area (Å²) in [4.78, 5) is 11.8. The van der Waals surface area contributed by atoms with Crippen molar-refractivity contribution in [1.82, 2.24) is 5.32 Å². The zero-order chi connectivity index (χ0) is 16.7. The number of anilines is 1. The monoisotopic (exact) mass is 348 g/mol. The van der Waals surface area contributed by atoms with Crippen LogP contribution in [0.2, 0.25) is 5.02 Å². The van der Waals surface area contributed by atoms with Gasteiger partial charge >= 0.3 is 0 Å². The lowest BCUT2D eigenvalue weighted by molar-refractivity contribution is -0.121. The first-order valence-electron chi connectivity index (χ1n) is 7.15. The minimum absolute atomic E-state index is 0.108. The van der Waals surface area contributed by atoms with Crippen molar-refractivity contribution < 1.29 is 9.53 Å². The highest BCUT2D eigenvalue weighted by Crippen LogP contribution is 2.15. The van der Waals surface area contributed by atoms with Gasteiger partial charge in [-0.25, -0.2) is 0 Å². The third kappa shape index (κ3) is 5.88. The Bertz CT molecular complexity index is 689. The number of rotatable bonds is 5. The van der Waals surface area contributed by atoms with Gasteiger partial charge < -0.3 is 10.1 Å². The molecule has 0 heterocycles. The fraction of sp³-hybridized carbons (Fsp3) is 0.176. The molecule has 2 aromatic carbocycles. The maximum Gasteiger partial charge on any atom is 0.264 e. The average Bonchev–Trinajstić information content (AvgIpc) is 2.53. The van der Waals surface area contributed by atoms with Crippen LogP contribution in [0.1, 0.15) is 12.5 Å². The van der Waals surface area contributed by atoms with Crippen LogP contribution in [0.5, 0.6) is 5.75 Å². The molecule has 0 fully saturated rings. The first kappa shape index (κ1) is 17.2. The summed E-state index contributed by atoms with van der Waals surface area (Å²) in [5, 5.41) is 6.22. The molecule has 2 rings (SSSR count). The predicted octanol–water partition coefficient (Wildman–Crippen LogP) is 3.79. The number of thiocarbonyl (C=S) groups is 1. The molecule has 0 atom stereocenters. The molecular formula is C17H17ClN2O2S. The van der Waals surface area contributed by atoms with Crippen molar-refractivity contribution in [2.24, 2.45) is 0 Å². The van der Waals surface area contributed by atoms with E-state index < -0.39 is 0 Å². The van der Waals surface area contributed by atoms with E-state index in [-0.39, 0.29) is 17.6 Å². The summed E-state index contributed by atoms with van der Waals surface area (Å²) >= 11 is 11.0. The van der Waals surface area contributed by atoms with Gasteiger partial charge in [0, 0.05) is 10.7 Å². The molecule has 0 spiro atoms. The van der Waals surface area contributed by atoms with Gasteiger partial charge in [0.1, 0.15) is 5.75 Å². The number of amides is 1. The molecule has 0 aromatic heterocycles. The zero-order valence-electron chi connectivity index (χ0n) is 12.6. The highest BCUT2D eigenvalue weighted by atomic mass is 35.5. The average molecular weight is 349 g/mol. The third-order valence-electron chi connectivity index (χ3n) is 3.04. The molecule has 0 unspecified atom stereocenters. The molecule has 0 aliphatic rings. The van der Waals surface area contributed by atoms with Gasteiger partial charge in [-0.05, 0) is 54.5 Å². The number of carbonyl (C=O) groups is 1. The first-order chi connectivity index (χ1) is 11.1. The Hall–Kier alpha value is -2.11. The number of carbonyl (C=O) groups excluding carboxylic acids is 1. The Balaban J connectivity index is 1.78. The molecule has 0 saturated heterocycles. The summed E-state index contributed by atoms with van der Waals surface area (Å²) in [6, 6.07) is 14.7. The highest BCUT2D eigenvalue weighted by Gasteiger charge is 2.06. The number of halogens is 1. The van der Waals surface area contributed by atoms with Crippen LogP contribution < -0.4 is 15.4 Å². The number of hydrogen-bond acceptors (Lipinski definition) is 3. The van der Waals surface area contributed by atoms with Crippen molar-refractivity contribution in [1.29, 1.82) is 0 Å². The van der Waals surface area contributed by atoms with Gasteiger partial charge in [-0.3, -0.25) is 10.1 Å². The number of benzene rings is 2. The second-order valence-electron chi connectivity index (χ2n) is 4.80. The van der Waals surface area contributed by atoms with Crippen LogP contribution in [0.25, 0.3) is 0 Å². The lowest BCUT2D eigenvalue weighted by Gasteiger charge is -2.10. The normalized spacial score (nSPS) is 10.0. The largest absolute Gasteiger partial charge is 0.484 e. The van der Waals surface area contributed by atoms with Crippen molar-refractivity contribution in [2.75, 3.05) is 11.9 Å². The molecule has 0 aliphatic heterocycles. The minimum Gasteiger partial charge on any atom is -0.484 e. The van der Waals surface area contributed by atoms with Gasteiger partial charge in [-0.1, -0.05) is 36.7 Å². The fourth-order valence-electron chi connectivity index (χ4n) is 1.86. The Morgan fingerprint density at radius 3 is 2.61 bits per heavy atom. The molecule has 0 saturated carbocycles. The highest BCUT2D eigenvalue weighted by molar-refractivity contribution is 7.80. The van der Waals surface area contributed by atoms with Crippen LogP contribution >= 0.6 is 23.8 Å². The quantitative estimate of drug-likeness (QED) is 0.807. The molecule has 23 heavy (non-hydrogen) atoms. The second-order valence-corrected chi connectivity index (χ2v) is 5.64. The van der Waals surface area contributed by atoms with Crippen LogP contribution in [0.15, 0.2) is 48.5 Å². The second kappa shape index (κ2) is 8.50. The van der Waals surface area contributed by atoms with Gasteiger partial charge in [-0.2, -0.15) is 0 Å². The van der Waals surface area contributed by atoms with Crippen LogP contribution in [-0.4, -0.2) is 17.6 Å².